The molecule has 9 nitrogen and oxygen atoms in total. The monoisotopic (exact) mass is 582 g/mol. The third-order valence-electron chi connectivity index (χ3n) is 8.77. The summed E-state index contributed by atoms with van der Waals surface area (Å²) < 4.78 is 47.0. The van der Waals surface area contributed by atoms with Crippen molar-refractivity contribution in [3.8, 4) is 5.75 Å². The number of hydrogen-bond acceptors (Lipinski definition) is 7. The molecule has 1 saturated heterocycles. The summed E-state index contributed by atoms with van der Waals surface area (Å²) in [5, 5.41) is 0. The Bertz CT molecular complexity index is 1510. The van der Waals surface area contributed by atoms with Crippen LogP contribution in [0, 0.1) is 12.8 Å². The second-order valence-electron chi connectivity index (χ2n) is 12.1. The van der Waals surface area contributed by atoms with Crippen LogP contribution in [0.15, 0.2) is 59.5 Å². The van der Waals surface area contributed by atoms with Gasteiger partial charge in [0.15, 0.2) is 0 Å². The Morgan fingerprint density at radius 3 is 2.37 bits per heavy atom. The van der Waals surface area contributed by atoms with Crippen LogP contribution in [0.3, 0.4) is 0 Å². The lowest BCUT2D eigenvalue weighted by Crippen LogP contribution is -2.68. The van der Waals surface area contributed by atoms with Gasteiger partial charge in [-0.3, -0.25) is 9.69 Å². The molecular weight excluding hydrogens is 544 g/mol. The first kappa shape index (κ1) is 29.1. The number of methoxy groups -OCH3 is 2. The molecule has 3 atom stereocenters. The Labute approximate surface area is 242 Å². The summed E-state index contributed by atoms with van der Waals surface area (Å²) in [6.07, 6.45) is 0.545. The molecular formula is C31H38N2O7S. The van der Waals surface area contributed by atoms with Crippen LogP contribution in [0.25, 0.3) is 0 Å². The van der Waals surface area contributed by atoms with Gasteiger partial charge >= 0.3 is 12.1 Å². The van der Waals surface area contributed by atoms with Crippen molar-refractivity contribution in [3.05, 3.63) is 65.7 Å². The molecule has 10 heteroatoms. The van der Waals surface area contributed by atoms with E-state index in [4.69, 9.17) is 14.2 Å². The van der Waals surface area contributed by atoms with Crippen molar-refractivity contribution in [2.24, 2.45) is 5.92 Å². The van der Waals surface area contributed by atoms with Gasteiger partial charge in [0.05, 0.1) is 36.6 Å². The summed E-state index contributed by atoms with van der Waals surface area (Å²) in [5.41, 5.74) is -0.293. The molecule has 220 valence electrons. The summed E-state index contributed by atoms with van der Waals surface area (Å²) in [5.74, 6) is -0.0638. The number of carbonyl (C=O) groups is 2. The van der Waals surface area contributed by atoms with Gasteiger partial charge in [-0.25, -0.2) is 13.2 Å². The predicted octanol–water partition coefficient (Wildman–Crippen LogP) is 5.32. The number of ether oxygens (including phenoxy) is 3. The first-order valence-corrected chi connectivity index (χ1v) is 15.2. The second kappa shape index (κ2) is 9.87. The number of hydrogen-bond donors (Lipinski definition) is 0. The minimum atomic E-state index is -4.09. The van der Waals surface area contributed by atoms with Gasteiger partial charge in [-0.2, -0.15) is 4.31 Å². The third-order valence-corrected chi connectivity index (χ3v) is 10.7. The molecule has 1 saturated carbocycles. The van der Waals surface area contributed by atoms with E-state index in [1.165, 1.54) is 16.3 Å². The number of amides is 1. The smallest absolute Gasteiger partial charge is 0.416 e. The maximum Gasteiger partial charge on any atom is 0.416 e. The largest absolute Gasteiger partial charge is 0.497 e. The Hall–Kier alpha value is -3.37. The number of anilines is 1. The first-order chi connectivity index (χ1) is 19.2. The third kappa shape index (κ3) is 4.25. The predicted molar refractivity (Wildman–Crippen MR) is 154 cm³/mol. The average molecular weight is 583 g/mol. The summed E-state index contributed by atoms with van der Waals surface area (Å²) >= 11 is 0. The fourth-order valence-electron chi connectivity index (χ4n) is 7.06. The lowest BCUT2D eigenvalue weighted by Gasteiger charge is -2.54. The summed E-state index contributed by atoms with van der Waals surface area (Å²) in [6.45, 7) is 11.9. The van der Waals surface area contributed by atoms with E-state index in [2.05, 4.69) is 6.58 Å². The van der Waals surface area contributed by atoms with E-state index < -0.39 is 32.8 Å². The van der Waals surface area contributed by atoms with E-state index in [1.54, 1.807) is 64.3 Å². The van der Waals surface area contributed by atoms with Gasteiger partial charge in [-0.05, 0) is 88.8 Å². The number of benzene rings is 2. The van der Waals surface area contributed by atoms with Gasteiger partial charge in [-0.15, -0.1) is 0 Å². The molecule has 1 amide bonds. The maximum atomic E-state index is 14.5. The molecule has 41 heavy (non-hydrogen) atoms. The molecule has 0 N–H and O–H groups in total. The van der Waals surface area contributed by atoms with Crippen molar-refractivity contribution in [1.82, 2.24) is 4.31 Å². The maximum absolute atomic E-state index is 14.5. The van der Waals surface area contributed by atoms with E-state index in [1.807, 2.05) is 13.0 Å². The zero-order valence-corrected chi connectivity index (χ0v) is 25.3. The Balaban J connectivity index is 1.79. The molecule has 0 radical (unpaired) electrons. The van der Waals surface area contributed by atoms with Crippen LogP contribution < -0.4 is 9.64 Å². The van der Waals surface area contributed by atoms with Crippen molar-refractivity contribution in [1.29, 1.82) is 0 Å². The van der Waals surface area contributed by atoms with Crippen molar-refractivity contribution in [2.45, 2.75) is 75.0 Å². The van der Waals surface area contributed by atoms with Crippen LogP contribution in [0.4, 0.5) is 10.5 Å². The molecule has 0 bridgehead atoms. The standard InChI is InChI=1S/C31H38N2O7S/c1-20-8-11-24(12-9-20)41(36,37)32-17-16-30-21(2)22(18-27(34)39-7)14-15-31(30,32)33(28(35)40-29(3,4)5)26-13-10-23(38-6)19-25(26)30/h8-13,19,22H,2,14-18H2,1,3-7H3/t22-,30-,31-/m1/s1. The molecule has 2 aromatic rings. The lowest BCUT2D eigenvalue weighted by atomic mass is 9.58. The molecule has 0 unspecified atom stereocenters. The van der Waals surface area contributed by atoms with Crippen molar-refractivity contribution >= 4 is 27.8 Å². The minimum absolute atomic E-state index is 0.115. The van der Waals surface area contributed by atoms with E-state index in [0.29, 0.717) is 29.9 Å². The molecule has 2 aromatic carbocycles. The molecule has 2 aliphatic heterocycles. The highest BCUT2D eigenvalue weighted by molar-refractivity contribution is 7.89. The lowest BCUT2D eigenvalue weighted by molar-refractivity contribution is -0.141. The van der Waals surface area contributed by atoms with Gasteiger partial charge in [0.1, 0.15) is 17.0 Å². The van der Waals surface area contributed by atoms with E-state index in [0.717, 1.165) is 11.1 Å². The number of sulfonamides is 1. The number of fused-ring (bicyclic) bond motifs is 1. The molecule has 3 aliphatic rings. The summed E-state index contributed by atoms with van der Waals surface area (Å²) in [4.78, 5) is 28.3. The van der Waals surface area contributed by atoms with Crippen LogP contribution in [0.5, 0.6) is 5.75 Å². The number of aryl methyl sites for hydroxylation is 1. The summed E-state index contributed by atoms with van der Waals surface area (Å²) in [7, 11) is -1.18. The topological polar surface area (TPSA) is 102 Å². The molecule has 0 aromatic heterocycles. The molecule has 2 fully saturated rings. The van der Waals surface area contributed by atoms with Gasteiger partial charge in [0, 0.05) is 6.54 Å². The SMILES string of the molecule is C=C1[C@@H](CC(=O)OC)CC[C@@]23N(C(=O)OC(C)(C)C)c4ccc(OC)cc4[C@@]12CCN3S(=O)(=O)c1ccc(C)cc1. The first-order valence-electron chi connectivity index (χ1n) is 13.8. The van der Waals surface area contributed by atoms with Crippen LogP contribution in [0.2, 0.25) is 0 Å². The Morgan fingerprint density at radius 2 is 1.76 bits per heavy atom. The van der Waals surface area contributed by atoms with Gasteiger partial charge in [-0.1, -0.05) is 29.8 Å². The fraction of sp³-hybridized carbons (Fsp3) is 0.484. The number of carbonyl (C=O) groups excluding carboxylic acids is 2. The van der Waals surface area contributed by atoms with Crippen LogP contribution in [-0.2, 0) is 29.7 Å². The van der Waals surface area contributed by atoms with Crippen LogP contribution >= 0.6 is 0 Å². The molecule has 0 spiro atoms. The number of rotatable bonds is 5. The van der Waals surface area contributed by atoms with E-state index >= 15 is 0 Å². The van der Waals surface area contributed by atoms with Crippen molar-refractivity contribution < 1.29 is 32.2 Å². The van der Waals surface area contributed by atoms with E-state index in [-0.39, 0.29) is 36.2 Å². The van der Waals surface area contributed by atoms with Gasteiger partial charge in [0.2, 0.25) is 10.0 Å². The highest BCUT2D eigenvalue weighted by Gasteiger charge is 2.75. The fourth-order valence-corrected chi connectivity index (χ4v) is 8.85. The zero-order valence-electron chi connectivity index (χ0n) is 24.5. The van der Waals surface area contributed by atoms with Crippen molar-refractivity contribution in [2.75, 3.05) is 25.7 Å². The summed E-state index contributed by atoms with van der Waals surface area (Å²) in [6, 6.07) is 12.1. The van der Waals surface area contributed by atoms with Crippen molar-refractivity contribution in [3.63, 3.8) is 0 Å². The van der Waals surface area contributed by atoms with Crippen LogP contribution in [-0.4, -0.2) is 56.8 Å². The van der Waals surface area contributed by atoms with Crippen LogP contribution in [0.1, 0.15) is 57.6 Å². The van der Waals surface area contributed by atoms with E-state index in [9.17, 15) is 18.0 Å². The molecule has 1 aliphatic carbocycles. The highest BCUT2D eigenvalue weighted by Crippen LogP contribution is 2.68. The van der Waals surface area contributed by atoms with Gasteiger partial charge in [0.25, 0.3) is 0 Å². The number of esters is 1. The number of nitrogens with zero attached hydrogens (tertiary/aromatic N) is 2. The highest BCUT2D eigenvalue weighted by atomic mass is 32.2. The van der Waals surface area contributed by atoms with Gasteiger partial charge < -0.3 is 14.2 Å². The second-order valence-corrected chi connectivity index (χ2v) is 14.0. The minimum Gasteiger partial charge on any atom is -0.497 e. The molecule has 2 heterocycles. The Morgan fingerprint density at radius 1 is 1.07 bits per heavy atom. The Kier molecular flexibility index (Phi) is 7.02. The molecule has 5 rings (SSSR count). The normalized spacial score (nSPS) is 25.8. The average Bonchev–Trinajstić information content (AvgIpc) is 3.39. The quantitative estimate of drug-likeness (QED) is 0.347. The zero-order chi connectivity index (χ0) is 30.0.